The first-order valence-electron chi connectivity index (χ1n) is 10.4. The quantitative estimate of drug-likeness (QED) is 0.411. The number of thioether (sulfide) groups is 1. The molecule has 1 aliphatic rings. The molecule has 0 aliphatic heterocycles. The van der Waals surface area contributed by atoms with E-state index in [-0.39, 0.29) is 5.91 Å². The van der Waals surface area contributed by atoms with E-state index in [2.05, 4.69) is 25.1 Å². The van der Waals surface area contributed by atoms with E-state index < -0.39 is 0 Å². The predicted octanol–water partition coefficient (Wildman–Crippen LogP) is 4.99. The number of fused-ring (bicyclic) bond motifs is 1. The molecule has 0 radical (unpaired) electrons. The summed E-state index contributed by atoms with van der Waals surface area (Å²) >= 11 is 7.73. The van der Waals surface area contributed by atoms with Crippen molar-refractivity contribution in [2.45, 2.75) is 56.6 Å². The van der Waals surface area contributed by atoms with Crippen LogP contribution in [0.5, 0.6) is 0 Å². The number of amides is 1. The summed E-state index contributed by atoms with van der Waals surface area (Å²) in [5, 5.41) is 14.3. The first-order valence-corrected chi connectivity index (χ1v) is 12.0. The topological polar surface area (TPSA) is 72.7 Å². The highest BCUT2D eigenvalue weighted by molar-refractivity contribution is 7.98. The van der Waals surface area contributed by atoms with Crippen molar-refractivity contribution < 1.29 is 4.79 Å². The van der Waals surface area contributed by atoms with E-state index in [1.54, 1.807) is 11.8 Å². The number of nitrogens with zero attached hydrogens (tertiary/aromatic N) is 4. The number of halogens is 1. The number of hydrogen-bond donors (Lipinski definition) is 1. The van der Waals surface area contributed by atoms with Crippen LogP contribution >= 0.6 is 23.4 Å². The van der Waals surface area contributed by atoms with E-state index >= 15 is 0 Å². The van der Waals surface area contributed by atoms with Gasteiger partial charge in [-0.2, -0.15) is 0 Å². The molecule has 0 bridgehead atoms. The van der Waals surface area contributed by atoms with Crippen LogP contribution in [0.4, 0.5) is 0 Å². The molecule has 0 atom stereocenters. The van der Waals surface area contributed by atoms with E-state index in [9.17, 15) is 4.79 Å². The number of aromatic nitrogens is 4. The number of nitrogens with one attached hydrogen (secondary N) is 1. The Hall–Kier alpha value is -2.12. The first-order chi connectivity index (χ1) is 14.6. The highest BCUT2D eigenvalue weighted by Crippen LogP contribution is 2.33. The second kappa shape index (κ2) is 9.35. The Balaban J connectivity index is 1.38. The van der Waals surface area contributed by atoms with Crippen LogP contribution in [0.15, 0.2) is 29.4 Å². The summed E-state index contributed by atoms with van der Waals surface area (Å²) in [5.74, 6) is 0.919. The standard InChI is InChI=1S/C22H26ClN5OS/c1-14-18(13-15-12-16(23)9-10-19(15)25-14)21(29)24-11-5-8-20-26-27-22(30-2)28(20)17-6-3-4-7-17/h9-10,12-13,17H,3-8,11H2,1-2H3,(H,24,29). The molecular formula is C22H26ClN5OS. The fraction of sp³-hybridized carbons (Fsp3) is 0.455. The molecule has 1 amide bonds. The van der Waals surface area contributed by atoms with Crippen molar-refractivity contribution in [2.24, 2.45) is 0 Å². The van der Waals surface area contributed by atoms with Crippen molar-refractivity contribution in [1.29, 1.82) is 0 Å². The molecule has 4 rings (SSSR count). The first kappa shape index (κ1) is 21.1. The number of hydrogen-bond acceptors (Lipinski definition) is 5. The Morgan fingerprint density at radius 2 is 2.07 bits per heavy atom. The van der Waals surface area contributed by atoms with Gasteiger partial charge < -0.3 is 9.88 Å². The lowest BCUT2D eigenvalue weighted by molar-refractivity contribution is 0.0952. The maximum Gasteiger partial charge on any atom is 0.253 e. The van der Waals surface area contributed by atoms with Gasteiger partial charge in [-0.25, -0.2) is 0 Å². The summed E-state index contributed by atoms with van der Waals surface area (Å²) in [6, 6.07) is 7.89. The second-order valence-corrected chi connectivity index (χ2v) is 8.94. The Labute approximate surface area is 185 Å². The highest BCUT2D eigenvalue weighted by Gasteiger charge is 2.23. The molecule has 3 aromatic rings. The molecule has 158 valence electrons. The third kappa shape index (κ3) is 4.47. The average Bonchev–Trinajstić information content (AvgIpc) is 3.40. The van der Waals surface area contributed by atoms with Gasteiger partial charge in [0.2, 0.25) is 0 Å². The maximum absolute atomic E-state index is 12.7. The molecule has 2 aromatic heterocycles. The van der Waals surface area contributed by atoms with Crippen LogP contribution < -0.4 is 5.32 Å². The average molecular weight is 444 g/mol. The zero-order valence-corrected chi connectivity index (χ0v) is 18.9. The summed E-state index contributed by atoms with van der Waals surface area (Å²) < 4.78 is 2.32. The summed E-state index contributed by atoms with van der Waals surface area (Å²) in [6.45, 7) is 2.44. The van der Waals surface area contributed by atoms with Gasteiger partial charge in [0.05, 0.1) is 16.8 Å². The van der Waals surface area contributed by atoms with Crippen molar-refractivity contribution in [1.82, 2.24) is 25.1 Å². The molecule has 6 nitrogen and oxygen atoms in total. The van der Waals surface area contributed by atoms with E-state index in [4.69, 9.17) is 11.6 Å². The van der Waals surface area contributed by atoms with Crippen molar-refractivity contribution in [3.05, 3.63) is 46.4 Å². The van der Waals surface area contributed by atoms with Crippen LogP contribution in [0.25, 0.3) is 10.9 Å². The van der Waals surface area contributed by atoms with E-state index in [1.165, 1.54) is 25.7 Å². The summed E-state index contributed by atoms with van der Waals surface area (Å²) in [5.41, 5.74) is 2.14. The van der Waals surface area contributed by atoms with Gasteiger partial charge in [-0.3, -0.25) is 9.78 Å². The molecule has 0 spiro atoms. The fourth-order valence-corrected chi connectivity index (χ4v) is 4.92. The van der Waals surface area contributed by atoms with Gasteiger partial charge in [0.1, 0.15) is 5.82 Å². The molecule has 1 aliphatic carbocycles. The van der Waals surface area contributed by atoms with Crippen molar-refractivity contribution >= 4 is 40.2 Å². The van der Waals surface area contributed by atoms with Gasteiger partial charge in [0.25, 0.3) is 5.91 Å². The van der Waals surface area contributed by atoms with Gasteiger partial charge in [0.15, 0.2) is 5.16 Å². The van der Waals surface area contributed by atoms with Gasteiger partial charge >= 0.3 is 0 Å². The lowest BCUT2D eigenvalue weighted by Crippen LogP contribution is -2.26. The predicted molar refractivity (Wildman–Crippen MR) is 121 cm³/mol. The second-order valence-electron chi connectivity index (χ2n) is 7.73. The molecular weight excluding hydrogens is 418 g/mol. The molecule has 0 saturated heterocycles. The van der Waals surface area contributed by atoms with Crippen LogP contribution in [-0.4, -0.2) is 38.5 Å². The zero-order chi connectivity index (χ0) is 21.1. The molecule has 8 heteroatoms. The molecule has 1 saturated carbocycles. The van der Waals surface area contributed by atoms with Gasteiger partial charge in [-0.15, -0.1) is 10.2 Å². The third-order valence-corrected chi connectivity index (χ3v) is 6.56. The number of benzene rings is 1. The lowest BCUT2D eigenvalue weighted by atomic mass is 10.1. The fourth-order valence-electron chi connectivity index (χ4n) is 4.16. The molecule has 1 N–H and O–H groups in total. The van der Waals surface area contributed by atoms with E-state index in [1.807, 2.05) is 37.4 Å². The lowest BCUT2D eigenvalue weighted by Gasteiger charge is -2.16. The molecule has 30 heavy (non-hydrogen) atoms. The van der Waals surface area contributed by atoms with Crippen LogP contribution in [0.2, 0.25) is 5.02 Å². The van der Waals surface area contributed by atoms with E-state index in [0.29, 0.717) is 28.9 Å². The largest absolute Gasteiger partial charge is 0.352 e. The highest BCUT2D eigenvalue weighted by atomic mass is 35.5. The minimum atomic E-state index is -0.107. The summed E-state index contributed by atoms with van der Waals surface area (Å²) in [7, 11) is 0. The Bertz CT molecular complexity index is 1060. The molecule has 0 unspecified atom stereocenters. The third-order valence-electron chi connectivity index (χ3n) is 5.68. The number of carbonyl (C=O) groups excluding carboxylic acids is 1. The van der Waals surface area contributed by atoms with Crippen LogP contribution in [0, 0.1) is 6.92 Å². The van der Waals surface area contributed by atoms with E-state index in [0.717, 1.165) is 34.7 Å². The summed E-state index contributed by atoms with van der Waals surface area (Å²) in [6.07, 6.45) is 8.62. The minimum Gasteiger partial charge on any atom is -0.352 e. The van der Waals surface area contributed by atoms with Crippen LogP contribution in [-0.2, 0) is 6.42 Å². The Morgan fingerprint density at radius 3 is 2.83 bits per heavy atom. The molecule has 1 aromatic carbocycles. The Morgan fingerprint density at radius 1 is 1.27 bits per heavy atom. The number of rotatable bonds is 7. The molecule has 1 fully saturated rings. The zero-order valence-electron chi connectivity index (χ0n) is 17.3. The Kier molecular flexibility index (Phi) is 6.58. The maximum atomic E-state index is 12.7. The number of aryl methyl sites for hydroxylation is 2. The SMILES string of the molecule is CSc1nnc(CCCNC(=O)c2cc3cc(Cl)ccc3nc2C)n1C1CCCC1. The van der Waals surface area contributed by atoms with Crippen LogP contribution in [0.1, 0.15) is 60.0 Å². The van der Waals surface area contributed by atoms with Gasteiger partial charge in [0, 0.05) is 29.4 Å². The number of pyridine rings is 1. The van der Waals surface area contributed by atoms with Crippen LogP contribution in [0.3, 0.4) is 0 Å². The summed E-state index contributed by atoms with van der Waals surface area (Å²) in [4.78, 5) is 17.2. The minimum absolute atomic E-state index is 0.107. The molecule has 2 heterocycles. The monoisotopic (exact) mass is 443 g/mol. The normalized spacial score (nSPS) is 14.5. The smallest absolute Gasteiger partial charge is 0.253 e. The van der Waals surface area contributed by atoms with Gasteiger partial charge in [-0.1, -0.05) is 36.2 Å². The van der Waals surface area contributed by atoms with Crippen molar-refractivity contribution in [3.63, 3.8) is 0 Å². The van der Waals surface area contributed by atoms with Crippen molar-refractivity contribution in [3.8, 4) is 0 Å². The number of carbonyl (C=O) groups is 1. The van der Waals surface area contributed by atoms with Crippen molar-refractivity contribution in [2.75, 3.05) is 12.8 Å². The van der Waals surface area contributed by atoms with Gasteiger partial charge in [-0.05, 0) is 56.7 Å².